The molecule has 0 radical (unpaired) electrons. The second kappa shape index (κ2) is 4.79. The number of ether oxygens (including phenoxy) is 1. The predicted molar refractivity (Wildman–Crippen MR) is 82.6 cm³/mol. The standard InChI is InChI=1S/C14H16N4OS/c1-14(2)6-10-5-9(3-4-11(10)19-14)7-16-18-13-17-12(15)8-20-13/h3-5,7-8H,6,15H2,1-2H3,(H,17,18). The number of nitrogen functional groups attached to an aromatic ring is 1. The maximum atomic E-state index is 5.84. The van der Waals surface area contributed by atoms with E-state index < -0.39 is 0 Å². The van der Waals surface area contributed by atoms with Gasteiger partial charge in [-0.2, -0.15) is 5.10 Å². The van der Waals surface area contributed by atoms with Crippen molar-refractivity contribution < 1.29 is 4.74 Å². The number of nitrogens with one attached hydrogen (secondary N) is 1. The lowest BCUT2D eigenvalue weighted by Crippen LogP contribution is -2.24. The minimum atomic E-state index is -0.116. The third-order valence-electron chi connectivity index (χ3n) is 2.98. The highest BCUT2D eigenvalue weighted by Gasteiger charge is 2.29. The number of fused-ring (bicyclic) bond motifs is 1. The van der Waals surface area contributed by atoms with Gasteiger partial charge in [0.25, 0.3) is 0 Å². The van der Waals surface area contributed by atoms with Crippen molar-refractivity contribution in [2.75, 3.05) is 11.2 Å². The molecular weight excluding hydrogens is 272 g/mol. The van der Waals surface area contributed by atoms with Gasteiger partial charge in [-0.25, -0.2) is 4.98 Å². The first-order valence-corrected chi connectivity index (χ1v) is 7.22. The first-order chi connectivity index (χ1) is 9.52. The molecule has 0 bridgehead atoms. The largest absolute Gasteiger partial charge is 0.487 e. The average molecular weight is 288 g/mol. The molecule has 2 aromatic rings. The number of hydrazone groups is 1. The number of benzene rings is 1. The molecule has 2 heterocycles. The Morgan fingerprint density at radius 3 is 3.10 bits per heavy atom. The first kappa shape index (κ1) is 12.9. The van der Waals surface area contributed by atoms with Crippen LogP contribution >= 0.6 is 11.3 Å². The van der Waals surface area contributed by atoms with E-state index in [1.54, 1.807) is 11.6 Å². The van der Waals surface area contributed by atoms with Crippen LogP contribution in [-0.4, -0.2) is 16.8 Å². The van der Waals surface area contributed by atoms with Crippen LogP contribution in [0.1, 0.15) is 25.0 Å². The maximum absolute atomic E-state index is 5.84. The van der Waals surface area contributed by atoms with E-state index in [4.69, 9.17) is 10.5 Å². The van der Waals surface area contributed by atoms with E-state index in [0.29, 0.717) is 10.9 Å². The van der Waals surface area contributed by atoms with E-state index >= 15 is 0 Å². The van der Waals surface area contributed by atoms with Crippen LogP contribution in [0.5, 0.6) is 5.75 Å². The summed E-state index contributed by atoms with van der Waals surface area (Å²) in [7, 11) is 0. The van der Waals surface area contributed by atoms with Crippen LogP contribution in [0.25, 0.3) is 0 Å². The Balaban J connectivity index is 1.70. The van der Waals surface area contributed by atoms with Gasteiger partial charge < -0.3 is 10.5 Å². The first-order valence-electron chi connectivity index (χ1n) is 6.34. The van der Waals surface area contributed by atoms with Crippen LogP contribution in [0.3, 0.4) is 0 Å². The highest BCUT2D eigenvalue weighted by atomic mass is 32.1. The normalized spacial score (nSPS) is 16.1. The highest BCUT2D eigenvalue weighted by Crippen LogP contribution is 2.34. The van der Waals surface area contributed by atoms with E-state index in [2.05, 4.69) is 35.4 Å². The van der Waals surface area contributed by atoms with Crippen molar-refractivity contribution in [3.8, 4) is 5.75 Å². The lowest BCUT2D eigenvalue weighted by molar-refractivity contribution is 0.138. The Morgan fingerprint density at radius 1 is 1.50 bits per heavy atom. The third kappa shape index (κ3) is 2.75. The molecule has 5 nitrogen and oxygen atoms in total. The SMILES string of the molecule is CC1(C)Cc2cc(C=NNc3nc(N)cs3)ccc2O1. The second-order valence-electron chi connectivity index (χ2n) is 5.35. The molecular formula is C14H16N4OS. The lowest BCUT2D eigenvalue weighted by Gasteiger charge is -2.16. The minimum absolute atomic E-state index is 0.116. The number of rotatable bonds is 3. The Morgan fingerprint density at radius 2 is 2.35 bits per heavy atom. The molecule has 20 heavy (non-hydrogen) atoms. The molecule has 0 saturated carbocycles. The fraction of sp³-hybridized carbons (Fsp3) is 0.286. The topological polar surface area (TPSA) is 72.5 Å². The molecule has 104 valence electrons. The van der Waals surface area contributed by atoms with Crippen molar-refractivity contribution in [1.29, 1.82) is 0 Å². The summed E-state index contributed by atoms with van der Waals surface area (Å²) >= 11 is 1.42. The number of aromatic nitrogens is 1. The monoisotopic (exact) mass is 288 g/mol. The van der Waals surface area contributed by atoms with Crippen LogP contribution in [0.4, 0.5) is 10.9 Å². The molecule has 3 rings (SSSR count). The number of hydrogen-bond donors (Lipinski definition) is 2. The molecule has 0 aliphatic carbocycles. The smallest absolute Gasteiger partial charge is 0.205 e. The number of nitrogens with two attached hydrogens (primary N) is 1. The van der Waals surface area contributed by atoms with Gasteiger partial charge in [0, 0.05) is 11.8 Å². The molecule has 1 aromatic carbocycles. The van der Waals surface area contributed by atoms with Crippen LogP contribution in [0, 0.1) is 0 Å². The zero-order valence-corrected chi connectivity index (χ0v) is 12.2. The summed E-state index contributed by atoms with van der Waals surface area (Å²) < 4.78 is 5.84. The van der Waals surface area contributed by atoms with E-state index in [-0.39, 0.29) is 5.60 Å². The Hall–Kier alpha value is -2.08. The van der Waals surface area contributed by atoms with Crippen LogP contribution < -0.4 is 15.9 Å². The minimum Gasteiger partial charge on any atom is -0.487 e. The Kier molecular flexibility index (Phi) is 3.10. The second-order valence-corrected chi connectivity index (χ2v) is 6.21. The predicted octanol–water partition coefficient (Wildman–Crippen LogP) is 2.88. The molecule has 6 heteroatoms. The fourth-order valence-corrected chi connectivity index (χ4v) is 2.76. The zero-order chi connectivity index (χ0) is 14.2. The fourth-order valence-electron chi connectivity index (χ4n) is 2.21. The summed E-state index contributed by atoms with van der Waals surface area (Å²) in [5.74, 6) is 1.47. The van der Waals surface area contributed by atoms with E-state index in [1.165, 1.54) is 16.9 Å². The molecule has 1 aromatic heterocycles. The molecule has 0 saturated heterocycles. The lowest BCUT2D eigenvalue weighted by atomic mass is 10.0. The van der Waals surface area contributed by atoms with Crippen molar-refractivity contribution in [3.05, 3.63) is 34.7 Å². The van der Waals surface area contributed by atoms with Gasteiger partial charge in [-0.3, -0.25) is 5.43 Å². The molecule has 0 atom stereocenters. The molecule has 0 amide bonds. The van der Waals surface area contributed by atoms with Crippen molar-refractivity contribution in [3.63, 3.8) is 0 Å². The zero-order valence-electron chi connectivity index (χ0n) is 11.4. The van der Waals surface area contributed by atoms with Gasteiger partial charge in [0.15, 0.2) is 0 Å². The summed E-state index contributed by atoms with van der Waals surface area (Å²) in [4.78, 5) is 4.07. The van der Waals surface area contributed by atoms with Crippen LogP contribution in [0.2, 0.25) is 0 Å². The van der Waals surface area contributed by atoms with Gasteiger partial charge in [0.1, 0.15) is 17.2 Å². The Bertz CT molecular complexity index is 663. The van der Waals surface area contributed by atoms with Crippen molar-refractivity contribution in [2.45, 2.75) is 25.9 Å². The van der Waals surface area contributed by atoms with Crippen molar-refractivity contribution in [2.24, 2.45) is 5.10 Å². The summed E-state index contributed by atoms with van der Waals surface area (Å²) in [6.07, 6.45) is 2.68. The molecule has 3 N–H and O–H groups in total. The molecule has 0 unspecified atom stereocenters. The van der Waals surface area contributed by atoms with Gasteiger partial charge >= 0.3 is 0 Å². The van der Waals surface area contributed by atoms with Crippen LogP contribution in [-0.2, 0) is 6.42 Å². The maximum Gasteiger partial charge on any atom is 0.205 e. The summed E-state index contributed by atoms with van der Waals surface area (Å²) in [5, 5.41) is 6.62. The molecule has 0 fully saturated rings. The molecule has 1 aliphatic rings. The van der Waals surface area contributed by atoms with Gasteiger partial charge in [-0.1, -0.05) is 0 Å². The van der Waals surface area contributed by atoms with E-state index in [0.717, 1.165) is 17.7 Å². The molecule has 0 spiro atoms. The van der Waals surface area contributed by atoms with Crippen molar-refractivity contribution >= 4 is 28.5 Å². The van der Waals surface area contributed by atoms with Gasteiger partial charge in [-0.15, -0.1) is 11.3 Å². The van der Waals surface area contributed by atoms with Crippen LogP contribution in [0.15, 0.2) is 28.7 Å². The average Bonchev–Trinajstić information content (AvgIpc) is 2.90. The Labute approximate surface area is 121 Å². The summed E-state index contributed by atoms with van der Waals surface area (Å²) in [6, 6.07) is 6.08. The number of hydrogen-bond acceptors (Lipinski definition) is 6. The van der Waals surface area contributed by atoms with Crippen molar-refractivity contribution in [1.82, 2.24) is 4.98 Å². The quantitative estimate of drug-likeness (QED) is 0.673. The summed E-state index contributed by atoms with van der Waals surface area (Å²) in [5.41, 5.74) is 10.5. The van der Waals surface area contributed by atoms with Gasteiger partial charge in [-0.05, 0) is 43.2 Å². The summed E-state index contributed by atoms with van der Waals surface area (Å²) in [6.45, 7) is 4.18. The molecule has 1 aliphatic heterocycles. The number of thiazole rings is 1. The third-order valence-corrected chi connectivity index (χ3v) is 3.75. The number of nitrogens with zero attached hydrogens (tertiary/aromatic N) is 2. The van der Waals surface area contributed by atoms with Gasteiger partial charge in [0.05, 0.1) is 6.21 Å². The number of anilines is 2. The highest BCUT2D eigenvalue weighted by molar-refractivity contribution is 7.14. The van der Waals surface area contributed by atoms with E-state index in [9.17, 15) is 0 Å². The van der Waals surface area contributed by atoms with Gasteiger partial charge in [0.2, 0.25) is 5.13 Å². The van der Waals surface area contributed by atoms with E-state index in [1.807, 2.05) is 12.1 Å².